The fourth-order valence-corrected chi connectivity index (χ4v) is 1.76. The van der Waals surface area contributed by atoms with Gasteiger partial charge in [0.25, 0.3) is 0 Å². The zero-order chi connectivity index (χ0) is 12.2. The molecule has 3 nitrogen and oxygen atoms in total. The highest BCUT2D eigenvalue weighted by atomic mass is 15.1. The molecule has 0 aliphatic carbocycles. The normalized spacial score (nSPS) is 11.6. The molecular formula is C13H31N3. The summed E-state index contributed by atoms with van der Waals surface area (Å²) in [5.41, 5.74) is 5.50. The second kappa shape index (κ2) is 11.4. The van der Waals surface area contributed by atoms with Crippen LogP contribution in [0.3, 0.4) is 0 Å². The number of hydrogen-bond acceptors (Lipinski definition) is 3. The van der Waals surface area contributed by atoms with E-state index in [-0.39, 0.29) is 0 Å². The average molecular weight is 229 g/mol. The molecule has 0 bridgehead atoms. The van der Waals surface area contributed by atoms with Gasteiger partial charge in [0.15, 0.2) is 0 Å². The monoisotopic (exact) mass is 229 g/mol. The second-order valence-electron chi connectivity index (χ2n) is 4.75. The van der Waals surface area contributed by atoms with Gasteiger partial charge in [-0.15, -0.1) is 0 Å². The van der Waals surface area contributed by atoms with E-state index in [0.717, 1.165) is 19.5 Å². The van der Waals surface area contributed by atoms with Crippen molar-refractivity contribution in [3.8, 4) is 0 Å². The molecular weight excluding hydrogens is 198 g/mol. The fraction of sp³-hybridized carbons (Fsp3) is 1.00. The zero-order valence-corrected chi connectivity index (χ0v) is 11.5. The SMILES string of the molecule is CCN(CCCCN)CCCCNC(C)C. The van der Waals surface area contributed by atoms with E-state index in [1.54, 1.807) is 0 Å². The molecule has 0 heterocycles. The summed E-state index contributed by atoms with van der Waals surface area (Å²) in [5.74, 6) is 0. The van der Waals surface area contributed by atoms with E-state index in [2.05, 4.69) is 31.0 Å². The van der Waals surface area contributed by atoms with Crippen LogP contribution < -0.4 is 11.1 Å². The summed E-state index contributed by atoms with van der Waals surface area (Å²) >= 11 is 0. The predicted molar refractivity (Wildman–Crippen MR) is 72.8 cm³/mol. The molecule has 0 saturated heterocycles. The van der Waals surface area contributed by atoms with Crippen molar-refractivity contribution in [3.63, 3.8) is 0 Å². The highest BCUT2D eigenvalue weighted by molar-refractivity contribution is 4.58. The van der Waals surface area contributed by atoms with Gasteiger partial charge in [0.1, 0.15) is 0 Å². The second-order valence-corrected chi connectivity index (χ2v) is 4.75. The van der Waals surface area contributed by atoms with Crippen LogP contribution >= 0.6 is 0 Å². The number of rotatable bonds is 11. The lowest BCUT2D eigenvalue weighted by Gasteiger charge is -2.20. The summed E-state index contributed by atoms with van der Waals surface area (Å²) in [4.78, 5) is 2.53. The topological polar surface area (TPSA) is 41.3 Å². The minimum absolute atomic E-state index is 0.617. The van der Waals surface area contributed by atoms with Crippen molar-refractivity contribution >= 4 is 0 Å². The number of nitrogens with two attached hydrogens (primary N) is 1. The Balaban J connectivity index is 3.33. The van der Waals surface area contributed by atoms with Crippen molar-refractivity contribution in [3.05, 3.63) is 0 Å². The fourth-order valence-electron chi connectivity index (χ4n) is 1.76. The minimum atomic E-state index is 0.617. The largest absolute Gasteiger partial charge is 0.330 e. The third-order valence-electron chi connectivity index (χ3n) is 2.83. The van der Waals surface area contributed by atoms with Crippen molar-refractivity contribution in [2.75, 3.05) is 32.7 Å². The highest BCUT2D eigenvalue weighted by Crippen LogP contribution is 1.98. The molecule has 0 amide bonds. The van der Waals surface area contributed by atoms with E-state index in [4.69, 9.17) is 5.73 Å². The van der Waals surface area contributed by atoms with Gasteiger partial charge in [0.05, 0.1) is 0 Å². The molecule has 0 aromatic carbocycles. The Kier molecular flexibility index (Phi) is 11.3. The summed E-state index contributed by atoms with van der Waals surface area (Å²) in [7, 11) is 0. The molecule has 3 heteroatoms. The van der Waals surface area contributed by atoms with E-state index < -0.39 is 0 Å². The lowest BCUT2D eigenvalue weighted by atomic mass is 10.2. The van der Waals surface area contributed by atoms with Crippen LogP contribution in [0.25, 0.3) is 0 Å². The lowest BCUT2D eigenvalue weighted by Crippen LogP contribution is -2.28. The number of nitrogens with zero attached hydrogens (tertiary/aromatic N) is 1. The van der Waals surface area contributed by atoms with Gasteiger partial charge in [-0.3, -0.25) is 0 Å². The van der Waals surface area contributed by atoms with Crippen LogP contribution in [0.2, 0.25) is 0 Å². The van der Waals surface area contributed by atoms with Gasteiger partial charge in [-0.05, 0) is 58.4 Å². The predicted octanol–water partition coefficient (Wildman–Crippen LogP) is 1.83. The van der Waals surface area contributed by atoms with Crippen LogP contribution in [0.5, 0.6) is 0 Å². The number of unbranched alkanes of at least 4 members (excludes halogenated alkanes) is 2. The van der Waals surface area contributed by atoms with Gasteiger partial charge in [0, 0.05) is 6.04 Å². The van der Waals surface area contributed by atoms with Gasteiger partial charge in [-0.2, -0.15) is 0 Å². The first kappa shape index (κ1) is 15.9. The molecule has 98 valence electrons. The number of hydrogen-bond donors (Lipinski definition) is 2. The lowest BCUT2D eigenvalue weighted by molar-refractivity contribution is 0.275. The van der Waals surface area contributed by atoms with Crippen LogP contribution in [0.15, 0.2) is 0 Å². The first-order valence-electron chi connectivity index (χ1n) is 6.86. The maximum Gasteiger partial charge on any atom is 0.00103 e. The van der Waals surface area contributed by atoms with Gasteiger partial charge >= 0.3 is 0 Å². The highest BCUT2D eigenvalue weighted by Gasteiger charge is 2.01. The smallest absolute Gasteiger partial charge is 0.00103 e. The maximum atomic E-state index is 5.50. The first-order valence-corrected chi connectivity index (χ1v) is 6.86. The van der Waals surface area contributed by atoms with Crippen LogP contribution in [0, 0.1) is 0 Å². The molecule has 0 fully saturated rings. The van der Waals surface area contributed by atoms with Crippen molar-refractivity contribution in [1.82, 2.24) is 10.2 Å². The Morgan fingerprint density at radius 3 is 2.19 bits per heavy atom. The molecule has 16 heavy (non-hydrogen) atoms. The average Bonchev–Trinajstić information content (AvgIpc) is 2.26. The zero-order valence-electron chi connectivity index (χ0n) is 11.5. The Hall–Kier alpha value is -0.120. The van der Waals surface area contributed by atoms with Gasteiger partial charge in [0.2, 0.25) is 0 Å². The Labute approximate surface area is 102 Å². The summed E-state index contributed by atoms with van der Waals surface area (Å²) in [5, 5.41) is 3.45. The van der Waals surface area contributed by atoms with Crippen molar-refractivity contribution in [1.29, 1.82) is 0 Å². The van der Waals surface area contributed by atoms with Crippen molar-refractivity contribution in [2.45, 2.75) is 52.5 Å². The van der Waals surface area contributed by atoms with Crippen LogP contribution in [0.4, 0.5) is 0 Å². The minimum Gasteiger partial charge on any atom is -0.330 e. The first-order chi connectivity index (χ1) is 7.70. The van der Waals surface area contributed by atoms with Gasteiger partial charge in [-0.1, -0.05) is 20.8 Å². The molecule has 0 unspecified atom stereocenters. The molecule has 0 aromatic heterocycles. The van der Waals surface area contributed by atoms with Crippen molar-refractivity contribution in [2.24, 2.45) is 5.73 Å². The standard InChI is InChI=1S/C13H31N3/c1-4-16(11-7-5-9-14)12-8-6-10-15-13(2)3/h13,15H,4-12,14H2,1-3H3. The summed E-state index contributed by atoms with van der Waals surface area (Å²) in [6.07, 6.45) is 4.99. The van der Waals surface area contributed by atoms with Crippen LogP contribution in [-0.2, 0) is 0 Å². The van der Waals surface area contributed by atoms with E-state index in [1.807, 2.05) is 0 Å². The molecule has 0 spiro atoms. The van der Waals surface area contributed by atoms with Crippen LogP contribution in [0.1, 0.15) is 46.5 Å². The maximum absolute atomic E-state index is 5.50. The van der Waals surface area contributed by atoms with Crippen LogP contribution in [-0.4, -0.2) is 43.7 Å². The molecule has 3 N–H and O–H groups in total. The van der Waals surface area contributed by atoms with E-state index in [9.17, 15) is 0 Å². The summed E-state index contributed by atoms with van der Waals surface area (Å²) < 4.78 is 0. The quantitative estimate of drug-likeness (QED) is 0.531. The molecule has 0 rings (SSSR count). The Morgan fingerprint density at radius 1 is 1.06 bits per heavy atom. The summed E-state index contributed by atoms with van der Waals surface area (Å²) in [6.45, 7) is 12.2. The van der Waals surface area contributed by atoms with E-state index in [1.165, 1.54) is 38.9 Å². The van der Waals surface area contributed by atoms with E-state index >= 15 is 0 Å². The van der Waals surface area contributed by atoms with Gasteiger partial charge < -0.3 is 16.0 Å². The molecule has 0 aliphatic rings. The Morgan fingerprint density at radius 2 is 1.69 bits per heavy atom. The Bertz CT molecular complexity index is 137. The van der Waals surface area contributed by atoms with Crippen molar-refractivity contribution < 1.29 is 0 Å². The molecule has 0 radical (unpaired) electrons. The molecule has 0 saturated carbocycles. The van der Waals surface area contributed by atoms with Gasteiger partial charge in [-0.25, -0.2) is 0 Å². The molecule has 0 aromatic rings. The molecule has 0 aliphatic heterocycles. The third kappa shape index (κ3) is 10.4. The molecule has 0 atom stereocenters. The third-order valence-corrected chi connectivity index (χ3v) is 2.83. The summed E-state index contributed by atoms with van der Waals surface area (Å²) in [6, 6.07) is 0.617. The van der Waals surface area contributed by atoms with E-state index in [0.29, 0.717) is 6.04 Å². The number of nitrogens with one attached hydrogen (secondary N) is 1.